The molecule has 1 N–H and O–H groups in total. The number of aromatic nitrogens is 2. The maximum atomic E-state index is 10.6. The molecule has 3 nitrogen and oxygen atoms in total. The third kappa shape index (κ3) is 1.85. The molecule has 1 aromatic carbocycles. The van der Waals surface area contributed by atoms with Gasteiger partial charge in [0.2, 0.25) is 0 Å². The predicted molar refractivity (Wildman–Crippen MR) is 72.7 cm³/mol. The highest BCUT2D eigenvalue weighted by atomic mass is 32.2. The first-order chi connectivity index (χ1) is 8.66. The minimum Gasteiger partial charge on any atom is -0.386 e. The molecule has 2 heterocycles. The standard InChI is InChI=1S/C14H16N2OS/c1-9-8-15-16(2)13(9)14(17)12-7-10-5-3-4-6-11(10)18-12/h3-6,8,12,14,17H,7H2,1-2H3. The molecule has 2 atom stereocenters. The van der Waals surface area contributed by atoms with Gasteiger partial charge in [-0.3, -0.25) is 4.68 Å². The lowest BCUT2D eigenvalue weighted by atomic mass is 10.0. The van der Waals surface area contributed by atoms with Gasteiger partial charge in [0, 0.05) is 17.2 Å². The highest BCUT2D eigenvalue weighted by molar-refractivity contribution is 8.00. The van der Waals surface area contributed by atoms with Gasteiger partial charge in [0.25, 0.3) is 0 Å². The van der Waals surface area contributed by atoms with Crippen LogP contribution in [0, 0.1) is 6.92 Å². The van der Waals surface area contributed by atoms with E-state index in [0.717, 1.165) is 17.7 Å². The summed E-state index contributed by atoms with van der Waals surface area (Å²) < 4.78 is 1.78. The van der Waals surface area contributed by atoms with Crippen molar-refractivity contribution in [3.63, 3.8) is 0 Å². The molecule has 0 radical (unpaired) electrons. The monoisotopic (exact) mass is 260 g/mol. The van der Waals surface area contributed by atoms with Gasteiger partial charge < -0.3 is 5.11 Å². The molecule has 0 spiro atoms. The van der Waals surface area contributed by atoms with Gasteiger partial charge in [-0.25, -0.2) is 0 Å². The Morgan fingerprint density at radius 3 is 2.89 bits per heavy atom. The first-order valence-corrected chi connectivity index (χ1v) is 6.96. The van der Waals surface area contributed by atoms with Gasteiger partial charge in [-0.2, -0.15) is 5.10 Å². The molecule has 1 aliphatic rings. The van der Waals surface area contributed by atoms with E-state index in [9.17, 15) is 5.11 Å². The Kier molecular flexibility index (Phi) is 2.92. The lowest BCUT2D eigenvalue weighted by Gasteiger charge is -2.18. The number of aryl methyl sites for hydroxylation is 2. The van der Waals surface area contributed by atoms with Crippen molar-refractivity contribution in [3.8, 4) is 0 Å². The minimum absolute atomic E-state index is 0.191. The van der Waals surface area contributed by atoms with Crippen LogP contribution in [0.1, 0.15) is 22.9 Å². The Hall–Kier alpha value is -1.26. The summed E-state index contributed by atoms with van der Waals surface area (Å²) in [6, 6.07) is 8.38. The van der Waals surface area contributed by atoms with Crippen molar-refractivity contribution in [2.75, 3.05) is 0 Å². The molecular formula is C14H16N2OS. The molecule has 0 aliphatic carbocycles. The Morgan fingerprint density at radius 1 is 1.44 bits per heavy atom. The lowest BCUT2D eigenvalue weighted by molar-refractivity contribution is 0.164. The molecule has 94 valence electrons. The molecule has 2 aromatic rings. The zero-order valence-corrected chi connectivity index (χ0v) is 11.3. The van der Waals surface area contributed by atoms with Gasteiger partial charge in [-0.1, -0.05) is 18.2 Å². The van der Waals surface area contributed by atoms with Crippen LogP contribution in [-0.2, 0) is 13.5 Å². The number of hydrogen-bond acceptors (Lipinski definition) is 3. The Morgan fingerprint density at radius 2 is 2.22 bits per heavy atom. The van der Waals surface area contributed by atoms with Crippen LogP contribution in [0.2, 0.25) is 0 Å². The molecule has 0 saturated carbocycles. The van der Waals surface area contributed by atoms with E-state index in [1.54, 1.807) is 16.4 Å². The molecule has 1 aliphatic heterocycles. The summed E-state index contributed by atoms with van der Waals surface area (Å²) in [6.45, 7) is 2.00. The summed E-state index contributed by atoms with van der Waals surface area (Å²) in [4.78, 5) is 1.29. The van der Waals surface area contributed by atoms with E-state index in [-0.39, 0.29) is 5.25 Å². The second-order valence-electron chi connectivity index (χ2n) is 4.75. The number of nitrogens with zero attached hydrogens (tertiary/aromatic N) is 2. The summed E-state index contributed by atoms with van der Waals surface area (Å²) in [5, 5.41) is 15.0. The zero-order chi connectivity index (χ0) is 12.7. The molecule has 0 amide bonds. The molecule has 1 aromatic heterocycles. The van der Waals surface area contributed by atoms with E-state index in [0.29, 0.717) is 0 Å². The molecule has 0 saturated heterocycles. The van der Waals surface area contributed by atoms with Crippen molar-refractivity contribution in [3.05, 3.63) is 47.3 Å². The summed E-state index contributed by atoms with van der Waals surface area (Å²) in [6.07, 6.45) is 2.27. The highest BCUT2D eigenvalue weighted by Gasteiger charge is 2.31. The molecule has 4 heteroatoms. The Labute approximate surface area is 111 Å². The fourth-order valence-electron chi connectivity index (χ4n) is 2.54. The largest absolute Gasteiger partial charge is 0.386 e. The molecule has 18 heavy (non-hydrogen) atoms. The summed E-state index contributed by atoms with van der Waals surface area (Å²) >= 11 is 1.77. The Bertz CT molecular complexity index is 534. The lowest BCUT2D eigenvalue weighted by Crippen LogP contribution is -2.18. The fourth-order valence-corrected chi connectivity index (χ4v) is 3.85. The smallest absolute Gasteiger partial charge is 0.108 e. The summed E-state index contributed by atoms with van der Waals surface area (Å²) in [7, 11) is 1.89. The average molecular weight is 260 g/mol. The molecular weight excluding hydrogens is 244 g/mol. The summed E-state index contributed by atoms with van der Waals surface area (Å²) in [5.74, 6) is 0. The van der Waals surface area contributed by atoms with Gasteiger partial charge >= 0.3 is 0 Å². The van der Waals surface area contributed by atoms with Gasteiger partial charge in [0.15, 0.2) is 0 Å². The second kappa shape index (κ2) is 4.44. The number of thioether (sulfide) groups is 1. The van der Waals surface area contributed by atoms with Gasteiger partial charge in [0.1, 0.15) is 6.10 Å². The fraction of sp³-hybridized carbons (Fsp3) is 0.357. The van der Waals surface area contributed by atoms with Crippen molar-refractivity contribution in [1.82, 2.24) is 9.78 Å². The maximum Gasteiger partial charge on any atom is 0.108 e. The minimum atomic E-state index is -0.463. The number of fused-ring (bicyclic) bond motifs is 1. The van der Waals surface area contributed by atoms with Crippen molar-refractivity contribution in [1.29, 1.82) is 0 Å². The SMILES string of the molecule is Cc1cnn(C)c1C(O)C1Cc2ccccc2S1. The first kappa shape index (κ1) is 11.8. The van der Waals surface area contributed by atoms with Crippen LogP contribution < -0.4 is 0 Å². The number of aliphatic hydroxyl groups is 1. The van der Waals surface area contributed by atoms with E-state index in [1.807, 2.05) is 20.2 Å². The van der Waals surface area contributed by atoms with E-state index in [2.05, 4.69) is 29.4 Å². The second-order valence-corrected chi connectivity index (χ2v) is 6.03. The quantitative estimate of drug-likeness (QED) is 0.901. The van der Waals surface area contributed by atoms with Gasteiger partial charge in [0.05, 0.1) is 11.9 Å². The molecule has 3 rings (SSSR count). The van der Waals surface area contributed by atoms with E-state index in [4.69, 9.17) is 0 Å². The van der Waals surface area contributed by atoms with Crippen molar-refractivity contribution in [2.24, 2.45) is 7.05 Å². The van der Waals surface area contributed by atoms with E-state index >= 15 is 0 Å². The molecule has 0 fully saturated rings. The molecule has 2 unspecified atom stereocenters. The number of aliphatic hydroxyl groups excluding tert-OH is 1. The number of hydrogen-bond donors (Lipinski definition) is 1. The normalized spacial score (nSPS) is 19.8. The number of rotatable bonds is 2. The van der Waals surface area contributed by atoms with E-state index < -0.39 is 6.10 Å². The topological polar surface area (TPSA) is 38.0 Å². The molecule has 0 bridgehead atoms. The third-order valence-electron chi connectivity index (χ3n) is 3.48. The van der Waals surface area contributed by atoms with Crippen LogP contribution in [-0.4, -0.2) is 20.1 Å². The van der Waals surface area contributed by atoms with E-state index in [1.165, 1.54) is 10.5 Å². The van der Waals surface area contributed by atoms with Crippen LogP contribution in [0.25, 0.3) is 0 Å². The van der Waals surface area contributed by atoms with Gasteiger partial charge in [-0.05, 0) is 30.5 Å². The average Bonchev–Trinajstić information content (AvgIpc) is 2.92. The zero-order valence-electron chi connectivity index (χ0n) is 10.5. The van der Waals surface area contributed by atoms with Crippen LogP contribution >= 0.6 is 11.8 Å². The van der Waals surface area contributed by atoms with Crippen LogP contribution in [0.3, 0.4) is 0 Å². The van der Waals surface area contributed by atoms with Crippen LogP contribution in [0.5, 0.6) is 0 Å². The maximum absolute atomic E-state index is 10.6. The van der Waals surface area contributed by atoms with Crippen molar-refractivity contribution < 1.29 is 5.11 Å². The number of benzene rings is 1. The van der Waals surface area contributed by atoms with Crippen LogP contribution in [0.4, 0.5) is 0 Å². The Balaban J connectivity index is 1.87. The highest BCUT2D eigenvalue weighted by Crippen LogP contribution is 2.42. The van der Waals surface area contributed by atoms with Crippen molar-refractivity contribution in [2.45, 2.75) is 29.6 Å². The first-order valence-electron chi connectivity index (χ1n) is 6.08. The third-order valence-corrected chi connectivity index (χ3v) is 4.86. The van der Waals surface area contributed by atoms with Gasteiger partial charge in [-0.15, -0.1) is 11.8 Å². The van der Waals surface area contributed by atoms with Crippen LogP contribution in [0.15, 0.2) is 35.4 Å². The van der Waals surface area contributed by atoms with Crippen molar-refractivity contribution >= 4 is 11.8 Å². The predicted octanol–water partition coefficient (Wildman–Crippen LogP) is 2.48. The summed E-state index contributed by atoms with van der Waals surface area (Å²) in [5.41, 5.74) is 3.33.